The zero-order chi connectivity index (χ0) is 17.8. The molecule has 25 heavy (non-hydrogen) atoms. The van der Waals surface area contributed by atoms with Gasteiger partial charge in [0.15, 0.2) is 0 Å². The Hall–Kier alpha value is -1.59. The molecule has 1 amide bonds. The molecule has 1 aliphatic carbocycles. The first-order valence-electron chi connectivity index (χ1n) is 9.42. The predicted octanol–water partition coefficient (Wildman–Crippen LogP) is 2.89. The van der Waals surface area contributed by atoms with Crippen molar-refractivity contribution in [2.24, 2.45) is 11.8 Å². The zero-order valence-electron chi connectivity index (χ0n) is 15.5. The van der Waals surface area contributed by atoms with Crippen molar-refractivity contribution >= 4 is 12.0 Å². The van der Waals surface area contributed by atoms with Crippen LogP contribution >= 0.6 is 0 Å². The van der Waals surface area contributed by atoms with E-state index in [1.54, 1.807) is 12.2 Å². The first-order valence-corrected chi connectivity index (χ1v) is 9.42. The van der Waals surface area contributed by atoms with Gasteiger partial charge in [0.1, 0.15) is 11.5 Å². The normalized spacial score (nSPS) is 25.4. The van der Waals surface area contributed by atoms with Crippen LogP contribution in [0.5, 0.6) is 0 Å². The fraction of sp³-hybridized carbons (Fsp3) is 0.650. The number of morpholine rings is 1. The summed E-state index contributed by atoms with van der Waals surface area (Å²) in [6.45, 7) is 10.7. The molecule has 2 aliphatic rings. The first kappa shape index (κ1) is 18.2. The van der Waals surface area contributed by atoms with E-state index >= 15 is 0 Å². The second kappa shape index (κ2) is 8.19. The molecule has 1 N–H and O–H groups in total. The number of carbonyl (C=O) groups excluding carboxylic acids is 1. The number of nitrogens with one attached hydrogen (secondary N) is 1. The van der Waals surface area contributed by atoms with Gasteiger partial charge in [-0.2, -0.15) is 0 Å². The zero-order valence-corrected chi connectivity index (χ0v) is 15.5. The maximum absolute atomic E-state index is 12.1. The minimum Gasteiger partial charge on any atom is -0.461 e. The van der Waals surface area contributed by atoms with Gasteiger partial charge in [0, 0.05) is 37.7 Å². The molecule has 5 heteroatoms. The molecule has 1 saturated carbocycles. The average molecular weight is 346 g/mol. The molecule has 3 rings (SSSR count). The highest BCUT2D eigenvalue weighted by Gasteiger charge is 2.36. The van der Waals surface area contributed by atoms with Gasteiger partial charge in [-0.15, -0.1) is 0 Å². The summed E-state index contributed by atoms with van der Waals surface area (Å²) in [5.41, 5.74) is 0. The Morgan fingerprint density at radius 3 is 2.72 bits per heavy atom. The number of hydrogen-bond donors (Lipinski definition) is 1. The number of nitrogens with zero attached hydrogens (tertiary/aromatic N) is 1. The van der Waals surface area contributed by atoms with Crippen molar-refractivity contribution in [3.8, 4) is 0 Å². The van der Waals surface area contributed by atoms with E-state index in [0.717, 1.165) is 43.7 Å². The lowest BCUT2D eigenvalue weighted by Crippen LogP contribution is -2.51. The summed E-state index contributed by atoms with van der Waals surface area (Å²) >= 11 is 0. The second-order valence-electron chi connectivity index (χ2n) is 7.60. The summed E-state index contributed by atoms with van der Waals surface area (Å²) in [4.78, 5) is 14.6. The maximum atomic E-state index is 12.1. The molecule has 2 heterocycles. The molecule has 0 spiro atoms. The number of rotatable bonds is 7. The van der Waals surface area contributed by atoms with Gasteiger partial charge in [-0.05, 0) is 36.5 Å². The molecule has 1 aliphatic heterocycles. The molecule has 1 saturated heterocycles. The van der Waals surface area contributed by atoms with Gasteiger partial charge in [-0.25, -0.2) is 0 Å². The third-order valence-electron chi connectivity index (χ3n) is 5.29. The number of ether oxygens (including phenoxy) is 1. The lowest BCUT2D eigenvalue weighted by molar-refractivity contribution is -0.116. The van der Waals surface area contributed by atoms with Crippen LogP contribution in [0.3, 0.4) is 0 Å². The van der Waals surface area contributed by atoms with Crippen molar-refractivity contribution in [1.82, 2.24) is 10.2 Å². The lowest BCUT2D eigenvalue weighted by atomic mass is 10.0. The van der Waals surface area contributed by atoms with Crippen molar-refractivity contribution in [1.29, 1.82) is 0 Å². The summed E-state index contributed by atoms with van der Waals surface area (Å²) in [5.74, 6) is 3.49. The molecule has 0 aromatic carbocycles. The summed E-state index contributed by atoms with van der Waals surface area (Å²) in [6.07, 6.45) is 4.52. The van der Waals surface area contributed by atoms with E-state index in [1.165, 1.54) is 6.42 Å². The van der Waals surface area contributed by atoms with Gasteiger partial charge in [-0.1, -0.05) is 20.8 Å². The minimum absolute atomic E-state index is 0.0725. The molecule has 138 valence electrons. The number of furan rings is 1. The van der Waals surface area contributed by atoms with Crippen molar-refractivity contribution in [2.75, 3.05) is 32.8 Å². The molecule has 1 aromatic heterocycles. The fourth-order valence-corrected chi connectivity index (χ4v) is 3.49. The third-order valence-corrected chi connectivity index (χ3v) is 5.29. The highest BCUT2D eigenvalue weighted by molar-refractivity contribution is 5.91. The largest absolute Gasteiger partial charge is 0.461 e. The van der Waals surface area contributed by atoms with E-state index in [9.17, 15) is 4.79 Å². The van der Waals surface area contributed by atoms with E-state index in [-0.39, 0.29) is 5.91 Å². The Bertz CT molecular complexity index is 602. The monoisotopic (exact) mass is 346 g/mol. The van der Waals surface area contributed by atoms with Crippen LogP contribution in [-0.4, -0.2) is 49.7 Å². The molecule has 5 nitrogen and oxygen atoms in total. The third kappa shape index (κ3) is 4.95. The molecule has 3 atom stereocenters. The molecule has 0 unspecified atom stereocenters. The van der Waals surface area contributed by atoms with Crippen molar-refractivity contribution in [3.63, 3.8) is 0 Å². The van der Waals surface area contributed by atoms with Crippen LogP contribution in [0.15, 0.2) is 22.6 Å². The standard InChI is InChI=1S/C20H30N2O3/c1-14(2)18(22-8-10-24-11-9-22)13-21-20(23)7-5-16-4-6-19(25-16)17-12-15(17)3/h4-7,14-15,17-18H,8-13H2,1-3H3,(H,21,23)/b7-5+/t15-,17+,18-/m0/s1. The number of amides is 1. The first-order chi connectivity index (χ1) is 12.0. The SMILES string of the molecule is CC(C)[C@H](CNC(=O)/C=C/c1ccc([C@@H]2C[C@@H]2C)o1)N1CCOCC1. The smallest absolute Gasteiger partial charge is 0.244 e. The van der Waals surface area contributed by atoms with Gasteiger partial charge in [-0.3, -0.25) is 9.69 Å². The van der Waals surface area contributed by atoms with Crippen LogP contribution in [0, 0.1) is 11.8 Å². The highest BCUT2D eigenvalue weighted by atomic mass is 16.5. The van der Waals surface area contributed by atoms with Crippen LogP contribution in [-0.2, 0) is 9.53 Å². The fourth-order valence-electron chi connectivity index (χ4n) is 3.49. The van der Waals surface area contributed by atoms with Crippen molar-refractivity contribution < 1.29 is 13.9 Å². The van der Waals surface area contributed by atoms with Crippen LogP contribution in [0.25, 0.3) is 6.08 Å². The van der Waals surface area contributed by atoms with Crippen LogP contribution < -0.4 is 5.32 Å². The van der Waals surface area contributed by atoms with Crippen LogP contribution in [0.2, 0.25) is 0 Å². The minimum atomic E-state index is -0.0725. The Kier molecular flexibility index (Phi) is 5.97. The molecule has 2 fully saturated rings. The molecule has 0 radical (unpaired) electrons. The van der Waals surface area contributed by atoms with E-state index in [2.05, 4.69) is 31.0 Å². The molecular formula is C20H30N2O3. The van der Waals surface area contributed by atoms with E-state index in [4.69, 9.17) is 9.15 Å². The highest BCUT2D eigenvalue weighted by Crippen LogP contribution is 2.47. The van der Waals surface area contributed by atoms with Crippen molar-refractivity contribution in [3.05, 3.63) is 29.7 Å². The van der Waals surface area contributed by atoms with E-state index in [1.807, 2.05) is 12.1 Å². The molecule has 1 aromatic rings. The summed E-state index contributed by atoms with van der Waals surface area (Å²) in [5, 5.41) is 3.03. The van der Waals surface area contributed by atoms with Gasteiger partial charge in [0.25, 0.3) is 0 Å². The maximum Gasteiger partial charge on any atom is 0.244 e. The molecule has 0 bridgehead atoms. The van der Waals surface area contributed by atoms with Gasteiger partial charge >= 0.3 is 0 Å². The second-order valence-corrected chi connectivity index (χ2v) is 7.60. The average Bonchev–Trinajstić information content (AvgIpc) is 3.15. The van der Waals surface area contributed by atoms with E-state index in [0.29, 0.717) is 24.4 Å². The van der Waals surface area contributed by atoms with Crippen molar-refractivity contribution in [2.45, 2.75) is 39.2 Å². The van der Waals surface area contributed by atoms with Crippen LogP contribution in [0.4, 0.5) is 0 Å². The Labute approximate surface area is 150 Å². The van der Waals surface area contributed by atoms with Crippen LogP contribution in [0.1, 0.15) is 44.6 Å². The summed E-state index contributed by atoms with van der Waals surface area (Å²) in [6, 6.07) is 4.31. The summed E-state index contributed by atoms with van der Waals surface area (Å²) < 4.78 is 11.2. The predicted molar refractivity (Wildman–Crippen MR) is 98.3 cm³/mol. The van der Waals surface area contributed by atoms with Gasteiger partial charge < -0.3 is 14.5 Å². The Balaban J connectivity index is 1.48. The number of hydrogen-bond acceptors (Lipinski definition) is 4. The topological polar surface area (TPSA) is 54.7 Å². The summed E-state index contributed by atoms with van der Waals surface area (Å²) in [7, 11) is 0. The number of carbonyl (C=O) groups is 1. The van der Waals surface area contributed by atoms with Gasteiger partial charge in [0.05, 0.1) is 13.2 Å². The molecular weight excluding hydrogens is 316 g/mol. The van der Waals surface area contributed by atoms with Gasteiger partial charge in [0.2, 0.25) is 5.91 Å². The Morgan fingerprint density at radius 1 is 1.36 bits per heavy atom. The lowest BCUT2D eigenvalue weighted by Gasteiger charge is -2.36. The quantitative estimate of drug-likeness (QED) is 0.772. The van der Waals surface area contributed by atoms with E-state index < -0.39 is 0 Å². The Morgan fingerprint density at radius 2 is 2.08 bits per heavy atom.